The Balaban J connectivity index is 2.04. The van der Waals surface area contributed by atoms with Crippen molar-refractivity contribution < 1.29 is 19.2 Å². The summed E-state index contributed by atoms with van der Waals surface area (Å²) < 4.78 is 11.0. The first-order valence-electron chi connectivity index (χ1n) is 7.29. The highest BCUT2D eigenvalue weighted by molar-refractivity contribution is 5.87. The monoisotopic (exact) mass is 305 g/mol. The fraction of sp³-hybridized carbons (Fsp3) is 0.438. The van der Waals surface area contributed by atoms with Crippen LogP contribution in [0.2, 0.25) is 0 Å². The minimum absolute atomic E-state index is 0.0274. The summed E-state index contributed by atoms with van der Waals surface area (Å²) in [4.78, 5) is 22.1. The van der Waals surface area contributed by atoms with E-state index >= 15 is 0 Å². The number of esters is 1. The summed E-state index contributed by atoms with van der Waals surface area (Å²) in [6.45, 7) is 5.47. The summed E-state index contributed by atoms with van der Waals surface area (Å²) in [5.74, 6) is -0.452. The molecular weight excluding hydrogens is 286 g/mol. The topological polar surface area (TPSA) is 78.7 Å². The molecule has 6 heteroatoms. The highest BCUT2D eigenvalue weighted by Gasteiger charge is 2.27. The van der Waals surface area contributed by atoms with Gasteiger partial charge in [-0.25, -0.2) is 4.79 Å². The quantitative estimate of drug-likeness (QED) is 0.359. The van der Waals surface area contributed by atoms with E-state index in [9.17, 15) is 14.9 Å². The molecule has 1 saturated heterocycles. The van der Waals surface area contributed by atoms with E-state index in [0.717, 1.165) is 18.4 Å². The molecule has 1 aromatic rings. The van der Waals surface area contributed by atoms with Crippen LogP contribution in [0.3, 0.4) is 0 Å². The van der Waals surface area contributed by atoms with Crippen molar-refractivity contribution in [1.29, 1.82) is 0 Å². The van der Waals surface area contributed by atoms with E-state index in [4.69, 9.17) is 9.47 Å². The van der Waals surface area contributed by atoms with Crippen LogP contribution in [0.25, 0.3) is 0 Å². The summed E-state index contributed by atoms with van der Waals surface area (Å²) in [7, 11) is 0. The van der Waals surface area contributed by atoms with Crippen LogP contribution in [-0.2, 0) is 14.3 Å². The van der Waals surface area contributed by atoms with Gasteiger partial charge in [0.25, 0.3) is 5.69 Å². The zero-order valence-electron chi connectivity index (χ0n) is 12.5. The average molecular weight is 305 g/mol. The maximum Gasteiger partial charge on any atom is 0.335 e. The van der Waals surface area contributed by atoms with E-state index in [1.54, 1.807) is 12.1 Å². The van der Waals surface area contributed by atoms with E-state index in [0.29, 0.717) is 18.4 Å². The van der Waals surface area contributed by atoms with Crippen LogP contribution in [0, 0.1) is 10.1 Å². The molecule has 6 nitrogen and oxygen atoms in total. The van der Waals surface area contributed by atoms with Gasteiger partial charge in [-0.3, -0.25) is 10.1 Å². The van der Waals surface area contributed by atoms with Crippen LogP contribution in [-0.4, -0.2) is 17.2 Å². The molecule has 1 aliphatic rings. The van der Waals surface area contributed by atoms with E-state index in [1.807, 2.05) is 6.92 Å². The van der Waals surface area contributed by atoms with E-state index < -0.39 is 17.2 Å². The van der Waals surface area contributed by atoms with Gasteiger partial charge in [-0.15, -0.1) is 0 Å². The van der Waals surface area contributed by atoms with Crippen LogP contribution in [0.15, 0.2) is 36.4 Å². The first kappa shape index (κ1) is 16.2. The lowest BCUT2D eigenvalue weighted by molar-refractivity contribution is -0.385. The number of carbonyl (C=O) groups is 1. The molecule has 1 fully saturated rings. The number of non-ortho nitro benzene ring substituents is 1. The molecule has 0 aromatic heterocycles. The summed E-state index contributed by atoms with van der Waals surface area (Å²) in [6.07, 6.45) is 1.78. The van der Waals surface area contributed by atoms with E-state index in [2.05, 4.69) is 6.58 Å². The van der Waals surface area contributed by atoms with Gasteiger partial charge in [-0.1, -0.05) is 25.6 Å². The largest absolute Gasteiger partial charge is 0.432 e. The molecule has 22 heavy (non-hydrogen) atoms. The van der Waals surface area contributed by atoms with Gasteiger partial charge in [0.2, 0.25) is 6.29 Å². The van der Waals surface area contributed by atoms with Crippen molar-refractivity contribution in [2.45, 2.75) is 45.0 Å². The number of nitrogens with zero attached hydrogens (tertiary/aromatic N) is 1. The van der Waals surface area contributed by atoms with Gasteiger partial charge in [-0.05, 0) is 24.8 Å². The average Bonchev–Trinajstić information content (AvgIpc) is 2.54. The molecule has 0 N–H and O–H groups in total. The fourth-order valence-electron chi connectivity index (χ4n) is 2.31. The Morgan fingerprint density at radius 2 is 2.27 bits per heavy atom. The van der Waals surface area contributed by atoms with Crippen molar-refractivity contribution in [2.75, 3.05) is 0 Å². The third-order valence-electron chi connectivity index (χ3n) is 3.63. The molecule has 118 valence electrons. The van der Waals surface area contributed by atoms with Crippen molar-refractivity contribution in [3.63, 3.8) is 0 Å². The second-order valence-corrected chi connectivity index (χ2v) is 5.20. The van der Waals surface area contributed by atoms with E-state index in [1.165, 1.54) is 12.1 Å². The Hall–Kier alpha value is -2.21. The normalized spacial score (nSPS) is 21.1. The molecule has 2 atom stereocenters. The third-order valence-corrected chi connectivity index (χ3v) is 3.63. The first-order chi connectivity index (χ1) is 10.5. The zero-order valence-corrected chi connectivity index (χ0v) is 12.5. The van der Waals surface area contributed by atoms with Crippen molar-refractivity contribution in [3.05, 3.63) is 52.1 Å². The van der Waals surface area contributed by atoms with Crippen LogP contribution in [0.5, 0.6) is 0 Å². The second kappa shape index (κ2) is 7.17. The van der Waals surface area contributed by atoms with Crippen molar-refractivity contribution in [2.24, 2.45) is 0 Å². The Bertz CT molecular complexity index is 584. The molecule has 0 spiro atoms. The van der Waals surface area contributed by atoms with Crippen LogP contribution < -0.4 is 0 Å². The predicted octanol–water partition coefficient (Wildman–Crippen LogP) is 3.67. The zero-order chi connectivity index (χ0) is 16.1. The predicted molar refractivity (Wildman–Crippen MR) is 80.1 cm³/mol. The number of nitro groups is 1. The molecule has 0 aliphatic carbocycles. The lowest BCUT2D eigenvalue weighted by Crippen LogP contribution is -2.28. The maximum absolute atomic E-state index is 11.7. The number of benzene rings is 1. The number of hydrogen-bond donors (Lipinski definition) is 0. The Labute approximate surface area is 128 Å². The molecule has 0 amide bonds. The van der Waals surface area contributed by atoms with Crippen LogP contribution >= 0.6 is 0 Å². The Morgan fingerprint density at radius 3 is 2.95 bits per heavy atom. The minimum atomic E-state index is -0.631. The molecule has 0 bridgehead atoms. The molecule has 2 rings (SSSR count). The Kier molecular flexibility index (Phi) is 5.27. The standard InChI is InChI=1S/C16H19NO5/c1-3-11(2)16(18)22-15-9-5-8-14(21-15)12-6-4-7-13(10-12)17(19)20/h4,6-7,10,14-15H,2-3,5,8-9H2,1H3. The number of nitro benzene ring substituents is 1. The van der Waals surface area contributed by atoms with Gasteiger partial charge < -0.3 is 9.47 Å². The number of rotatable bonds is 5. The SMILES string of the molecule is C=C(CC)C(=O)OC1CCCC(c2cccc([N+](=O)[O-])c2)O1. The lowest BCUT2D eigenvalue weighted by Gasteiger charge is -2.29. The van der Waals surface area contributed by atoms with Gasteiger partial charge in [0.15, 0.2) is 0 Å². The summed E-state index contributed by atoms with van der Waals surface area (Å²) in [5, 5.41) is 10.8. The number of carbonyl (C=O) groups excluding carboxylic acids is 1. The smallest absolute Gasteiger partial charge is 0.335 e. The first-order valence-corrected chi connectivity index (χ1v) is 7.29. The molecule has 1 aromatic carbocycles. The summed E-state index contributed by atoms with van der Waals surface area (Å²) >= 11 is 0. The number of hydrogen-bond acceptors (Lipinski definition) is 5. The van der Waals surface area contributed by atoms with Gasteiger partial charge in [-0.2, -0.15) is 0 Å². The molecule has 2 unspecified atom stereocenters. The van der Waals surface area contributed by atoms with Gasteiger partial charge in [0, 0.05) is 24.1 Å². The summed E-state index contributed by atoms with van der Waals surface area (Å²) in [5.41, 5.74) is 1.16. The maximum atomic E-state index is 11.7. The molecule has 1 aliphatic heterocycles. The van der Waals surface area contributed by atoms with Crippen molar-refractivity contribution in [1.82, 2.24) is 0 Å². The highest BCUT2D eigenvalue weighted by atomic mass is 16.7. The highest BCUT2D eigenvalue weighted by Crippen LogP contribution is 2.33. The second-order valence-electron chi connectivity index (χ2n) is 5.20. The van der Waals surface area contributed by atoms with Crippen LogP contribution in [0.4, 0.5) is 5.69 Å². The van der Waals surface area contributed by atoms with Gasteiger partial charge in [0.05, 0.1) is 11.0 Å². The minimum Gasteiger partial charge on any atom is -0.432 e. The number of ether oxygens (including phenoxy) is 2. The van der Waals surface area contributed by atoms with Crippen molar-refractivity contribution >= 4 is 11.7 Å². The van der Waals surface area contributed by atoms with Crippen molar-refractivity contribution in [3.8, 4) is 0 Å². The summed E-state index contributed by atoms with van der Waals surface area (Å²) in [6, 6.07) is 6.35. The van der Waals surface area contributed by atoms with E-state index in [-0.39, 0.29) is 11.8 Å². The van der Waals surface area contributed by atoms with Gasteiger partial charge >= 0.3 is 5.97 Å². The molecule has 0 radical (unpaired) electrons. The lowest BCUT2D eigenvalue weighted by atomic mass is 10.0. The van der Waals surface area contributed by atoms with Gasteiger partial charge in [0.1, 0.15) is 0 Å². The Morgan fingerprint density at radius 1 is 1.50 bits per heavy atom. The molecule has 0 saturated carbocycles. The molecule has 1 heterocycles. The third kappa shape index (κ3) is 3.92. The fourth-order valence-corrected chi connectivity index (χ4v) is 2.31. The van der Waals surface area contributed by atoms with Crippen LogP contribution in [0.1, 0.15) is 44.3 Å². The molecular formula is C16H19NO5.